The van der Waals surface area contributed by atoms with Gasteiger partial charge in [0.25, 0.3) is 5.56 Å². The number of nitrogens with one attached hydrogen (secondary N) is 1. The van der Waals surface area contributed by atoms with Crippen molar-refractivity contribution in [2.75, 3.05) is 6.54 Å². The quantitative estimate of drug-likeness (QED) is 0.261. The maximum atomic E-state index is 14.1. The monoisotopic (exact) mass is 561 g/mol. The van der Waals surface area contributed by atoms with E-state index in [-0.39, 0.29) is 5.56 Å². The van der Waals surface area contributed by atoms with E-state index in [4.69, 9.17) is 9.82 Å². The van der Waals surface area contributed by atoms with Crippen molar-refractivity contribution in [3.05, 3.63) is 94.0 Å². The number of hydroxylamine groups is 2. The first-order chi connectivity index (χ1) is 20.5. The molecule has 5 aromatic rings. The smallest absolute Gasteiger partial charge is 0.261 e. The number of benzene rings is 3. The lowest BCUT2D eigenvalue weighted by Crippen LogP contribution is -2.28. The van der Waals surface area contributed by atoms with Gasteiger partial charge in [0, 0.05) is 31.0 Å². The van der Waals surface area contributed by atoms with Gasteiger partial charge in [-0.05, 0) is 65.8 Å². The Bertz CT molecular complexity index is 1770. The summed E-state index contributed by atoms with van der Waals surface area (Å²) in [7, 11) is 0. The Morgan fingerprint density at radius 1 is 1.07 bits per heavy atom. The zero-order valence-corrected chi connectivity index (χ0v) is 24.1. The lowest BCUT2D eigenvalue weighted by Gasteiger charge is -2.25. The lowest BCUT2D eigenvalue weighted by molar-refractivity contribution is -0.192. The van der Waals surface area contributed by atoms with E-state index in [1.165, 1.54) is 12.8 Å². The summed E-state index contributed by atoms with van der Waals surface area (Å²) in [6, 6.07) is 22.9. The second-order valence-electron chi connectivity index (χ2n) is 11.7. The van der Waals surface area contributed by atoms with Gasteiger partial charge in [0.15, 0.2) is 0 Å². The minimum absolute atomic E-state index is 0.00146. The Balaban J connectivity index is 1.23. The van der Waals surface area contributed by atoms with Crippen LogP contribution in [-0.2, 0) is 23.4 Å². The summed E-state index contributed by atoms with van der Waals surface area (Å²) in [5.74, 6) is 1.39. The molecule has 2 aliphatic heterocycles. The normalized spacial score (nSPS) is 20.4. The zero-order valence-electron chi connectivity index (χ0n) is 24.1. The average Bonchev–Trinajstić information content (AvgIpc) is 3.76. The fraction of sp³-hybridized carbons (Fsp3) is 0.364. The summed E-state index contributed by atoms with van der Waals surface area (Å²) in [6.45, 7) is 5.74. The first-order valence-corrected chi connectivity index (χ1v) is 14.9. The molecule has 9 nitrogen and oxygen atoms in total. The summed E-state index contributed by atoms with van der Waals surface area (Å²) in [4.78, 5) is 25.5. The number of unbranched alkanes of at least 4 members (excludes halogenated alkanes) is 1. The van der Waals surface area contributed by atoms with Crippen molar-refractivity contribution in [1.82, 2.24) is 35.2 Å². The molecule has 0 unspecified atom stereocenters. The molecular weight excluding hydrogens is 526 g/mol. The highest BCUT2D eigenvalue weighted by atomic mass is 16.7. The number of aryl methyl sites for hydroxylation is 1. The van der Waals surface area contributed by atoms with E-state index in [1.54, 1.807) is 0 Å². The lowest BCUT2D eigenvalue weighted by atomic mass is 9.89. The van der Waals surface area contributed by atoms with E-state index in [0.29, 0.717) is 23.8 Å². The van der Waals surface area contributed by atoms with Gasteiger partial charge in [-0.1, -0.05) is 67.9 Å². The molecule has 3 aromatic carbocycles. The van der Waals surface area contributed by atoms with Gasteiger partial charge in [-0.15, -0.1) is 10.2 Å². The molecule has 0 spiro atoms. The number of hydrogen-bond donors (Lipinski definition) is 1. The van der Waals surface area contributed by atoms with Crippen LogP contribution in [0.15, 0.2) is 71.5 Å². The van der Waals surface area contributed by atoms with Gasteiger partial charge in [0.05, 0.1) is 17.4 Å². The Morgan fingerprint density at radius 2 is 1.90 bits per heavy atom. The maximum Gasteiger partial charge on any atom is 0.261 e. The molecule has 42 heavy (non-hydrogen) atoms. The van der Waals surface area contributed by atoms with Crippen LogP contribution in [0.3, 0.4) is 0 Å². The Kier molecular flexibility index (Phi) is 6.91. The molecule has 2 atom stereocenters. The third-order valence-corrected chi connectivity index (χ3v) is 8.78. The summed E-state index contributed by atoms with van der Waals surface area (Å²) in [6.07, 6.45) is 6.06. The van der Waals surface area contributed by atoms with Crippen LogP contribution in [0.2, 0.25) is 0 Å². The van der Waals surface area contributed by atoms with E-state index < -0.39 is 5.60 Å². The predicted molar refractivity (Wildman–Crippen MR) is 162 cm³/mol. The number of tetrazole rings is 1. The number of rotatable bonds is 8. The minimum Gasteiger partial charge on any atom is -0.292 e. The second kappa shape index (κ2) is 10.9. The molecule has 0 amide bonds. The van der Waals surface area contributed by atoms with Crippen LogP contribution < -0.4 is 5.56 Å². The number of hydrogen-bond acceptors (Lipinski definition) is 7. The highest BCUT2D eigenvalue weighted by Crippen LogP contribution is 2.43. The average molecular weight is 562 g/mol. The SMILES string of the molecule is CCCCc1nc2ccc([C@]3(C)C[C@H]4CCCN4O3)cc2c(=O)n1Cc1ccc(-c2ccccc2-c2nn[nH]n2)cc1. The Morgan fingerprint density at radius 3 is 2.67 bits per heavy atom. The van der Waals surface area contributed by atoms with Gasteiger partial charge in [0.2, 0.25) is 5.82 Å². The largest absolute Gasteiger partial charge is 0.292 e. The topological polar surface area (TPSA) is 102 Å². The number of fused-ring (bicyclic) bond motifs is 2. The molecule has 1 N–H and O–H groups in total. The molecule has 4 heterocycles. The van der Waals surface area contributed by atoms with Crippen LogP contribution in [0, 0.1) is 0 Å². The molecule has 7 rings (SSSR count). The molecule has 214 valence electrons. The fourth-order valence-electron chi connectivity index (χ4n) is 6.51. The molecule has 0 saturated carbocycles. The highest BCUT2D eigenvalue weighted by molar-refractivity contribution is 5.80. The standard InChI is InChI=1S/C33H35N7O2/c1-3-4-11-30-34-29-17-16-24(33(2)20-25-8-7-18-40(25)42-33)19-28(29)32(41)39(30)21-22-12-14-23(15-13-22)26-9-5-6-10-27(26)31-35-37-38-36-31/h5-6,9-10,12-17,19,25H,3-4,7-8,11,18,20-21H2,1-2H3,(H,35,36,37,38)/t25-,33+/m1/s1. The van der Waals surface area contributed by atoms with E-state index >= 15 is 0 Å². The van der Waals surface area contributed by atoms with Crippen molar-refractivity contribution in [2.24, 2.45) is 0 Å². The summed E-state index contributed by atoms with van der Waals surface area (Å²) in [5, 5.41) is 17.4. The van der Waals surface area contributed by atoms with Crippen molar-refractivity contribution in [1.29, 1.82) is 0 Å². The summed E-state index contributed by atoms with van der Waals surface area (Å²) < 4.78 is 1.86. The van der Waals surface area contributed by atoms with Gasteiger partial charge in [0.1, 0.15) is 11.4 Å². The number of nitrogens with zero attached hydrogens (tertiary/aromatic N) is 6. The van der Waals surface area contributed by atoms with Crippen LogP contribution in [0.1, 0.15) is 62.9 Å². The van der Waals surface area contributed by atoms with Crippen LogP contribution in [0.5, 0.6) is 0 Å². The van der Waals surface area contributed by atoms with Gasteiger partial charge in [-0.25, -0.2) is 4.98 Å². The zero-order chi connectivity index (χ0) is 28.7. The minimum atomic E-state index is -0.426. The van der Waals surface area contributed by atoms with E-state index in [9.17, 15) is 4.79 Å². The second-order valence-corrected chi connectivity index (χ2v) is 11.7. The molecule has 9 heteroatoms. The van der Waals surface area contributed by atoms with Crippen LogP contribution >= 0.6 is 0 Å². The van der Waals surface area contributed by atoms with Crippen molar-refractivity contribution in [2.45, 2.75) is 70.6 Å². The molecular formula is C33H35N7O2. The van der Waals surface area contributed by atoms with Crippen LogP contribution in [0.25, 0.3) is 33.4 Å². The van der Waals surface area contributed by atoms with Gasteiger partial charge >= 0.3 is 0 Å². The summed E-state index contributed by atoms with van der Waals surface area (Å²) >= 11 is 0. The van der Waals surface area contributed by atoms with E-state index in [0.717, 1.165) is 71.4 Å². The Labute approximate surface area is 244 Å². The van der Waals surface area contributed by atoms with Crippen LogP contribution in [0.4, 0.5) is 0 Å². The fourth-order valence-corrected chi connectivity index (χ4v) is 6.51. The Hall–Kier alpha value is -4.21. The van der Waals surface area contributed by atoms with Gasteiger partial charge in [-0.3, -0.25) is 14.2 Å². The highest BCUT2D eigenvalue weighted by Gasteiger charge is 2.45. The third kappa shape index (κ3) is 4.82. The van der Waals surface area contributed by atoms with Gasteiger partial charge in [-0.2, -0.15) is 10.3 Å². The van der Waals surface area contributed by atoms with E-state index in [1.807, 2.05) is 34.9 Å². The summed E-state index contributed by atoms with van der Waals surface area (Å²) in [5.41, 5.74) is 5.39. The molecule has 2 saturated heterocycles. The number of aromatic amines is 1. The molecule has 2 fully saturated rings. The van der Waals surface area contributed by atoms with Crippen LogP contribution in [-0.4, -0.2) is 47.8 Å². The van der Waals surface area contributed by atoms with Crippen molar-refractivity contribution in [3.63, 3.8) is 0 Å². The molecule has 2 aliphatic rings. The van der Waals surface area contributed by atoms with Crippen molar-refractivity contribution in [3.8, 4) is 22.5 Å². The molecule has 2 aromatic heterocycles. The number of aromatic nitrogens is 6. The third-order valence-electron chi connectivity index (χ3n) is 8.78. The predicted octanol–water partition coefficient (Wildman–Crippen LogP) is 5.65. The molecule has 0 radical (unpaired) electrons. The molecule has 0 aliphatic carbocycles. The number of H-pyrrole nitrogens is 1. The molecule has 0 bridgehead atoms. The van der Waals surface area contributed by atoms with Crippen molar-refractivity contribution >= 4 is 10.9 Å². The maximum absolute atomic E-state index is 14.1. The van der Waals surface area contributed by atoms with Crippen molar-refractivity contribution < 1.29 is 4.84 Å². The van der Waals surface area contributed by atoms with E-state index in [2.05, 4.69) is 75.9 Å². The first kappa shape index (κ1) is 26.7. The first-order valence-electron chi connectivity index (χ1n) is 14.9. The van der Waals surface area contributed by atoms with Gasteiger partial charge < -0.3 is 0 Å².